The molecule has 0 aliphatic heterocycles. The molecule has 0 spiro atoms. The lowest BCUT2D eigenvalue weighted by molar-refractivity contribution is -0.121. The monoisotopic (exact) mass is 781 g/mol. The van der Waals surface area contributed by atoms with Gasteiger partial charge in [0.15, 0.2) is 0 Å². The van der Waals surface area contributed by atoms with Crippen molar-refractivity contribution in [1.82, 2.24) is 0 Å². The second-order valence-electron chi connectivity index (χ2n) is 26.9. The summed E-state index contributed by atoms with van der Waals surface area (Å²) in [6.45, 7) is 41.8. The van der Waals surface area contributed by atoms with Crippen molar-refractivity contribution < 1.29 is 9.47 Å². The molecule has 6 saturated carbocycles. The first kappa shape index (κ1) is 44.7. The predicted molar refractivity (Wildman–Crippen MR) is 240 cm³/mol. The molecule has 14 atom stereocenters. The minimum absolute atomic E-state index is 0.276. The quantitative estimate of drug-likeness (QED) is 0.250. The molecule has 2 nitrogen and oxygen atoms in total. The van der Waals surface area contributed by atoms with Crippen LogP contribution in [0.5, 0.6) is 0 Å². The van der Waals surface area contributed by atoms with E-state index in [0.29, 0.717) is 34.9 Å². The molecule has 55 heavy (non-hydrogen) atoms. The highest BCUT2D eigenvalue weighted by atomic mass is 28.3. The minimum Gasteiger partial charge on any atom is -0.381 e. The van der Waals surface area contributed by atoms with Gasteiger partial charge in [-0.05, 0) is 193 Å². The molecule has 0 aromatic heterocycles. The largest absolute Gasteiger partial charge is 0.381 e. The first-order valence-electron chi connectivity index (χ1n) is 24.4. The van der Waals surface area contributed by atoms with Gasteiger partial charge >= 0.3 is 0 Å². The van der Waals surface area contributed by atoms with Gasteiger partial charge < -0.3 is 9.47 Å². The van der Waals surface area contributed by atoms with E-state index >= 15 is 0 Å². The van der Waals surface area contributed by atoms with E-state index in [9.17, 15) is 0 Å². The molecule has 0 radical (unpaired) electrons. The number of rotatable bonds is 6. The highest BCUT2D eigenvalue weighted by Crippen LogP contribution is 2.70. The number of ether oxygens (including phenoxy) is 2. The van der Waals surface area contributed by atoms with Gasteiger partial charge in [0.2, 0.25) is 0 Å². The molecule has 6 fully saturated rings. The Morgan fingerprint density at radius 2 is 0.727 bits per heavy atom. The SMILES string of the molecule is COC1C(C(C)(C)C)CC2C(CC(C)C2[Si](C)(C)C2C(C)CC3C2CC(C(C)(C)C)C(OC)[C@@H]3C2CCC(C(C)(C)C)CC2)[C@H]1C1CCC(C(C)(C)C)CC1. The van der Waals surface area contributed by atoms with Gasteiger partial charge in [0.1, 0.15) is 0 Å². The Morgan fingerprint density at radius 1 is 0.418 bits per heavy atom. The highest BCUT2D eigenvalue weighted by molar-refractivity contribution is 6.80. The molecular formula is C52H96O2Si. The van der Waals surface area contributed by atoms with Crippen LogP contribution in [0.1, 0.15) is 174 Å². The molecule has 6 rings (SSSR count). The molecule has 320 valence electrons. The minimum atomic E-state index is -1.73. The summed E-state index contributed by atoms with van der Waals surface area (Å²) in [5, 5.41) is 0. The summed E-state index contributed by atoms with van der Waals surface area (Å²) < 4.78 is 13.6. The Bertz CT molecular complexity index is 1160. The number of methoxy groups -OCH3 is 2. The van der Waals surface area contributed by atoms with Crippen LogP contribution in [-0.2, 0) is 9.47 Å². The lowest BCUT2D eigenvalue weighted by Crippen LogP contribution is -2.55. The van der Waals surface area contributed by atoms with Gasteiger partial charge in [0, 0.05) is 14.2 Å². The summed E-state index contributed by atoms with van der Waals surface area (Å²) in [5.41, 5.74) is 3.30. The van der Waals surface area contributed by atoms with Crippen molar-refractivity contribution in [2.24, 2.45) is 105 Å². The summed E-state index contributed by atoms with van der Waals surface area (Å²) >= 11 is 0. The zero-order valence-corrected chi connectivity index (χ0v) is 41.2. The van der Waals surface area contributed by atoms with Crippen LogP contribution in [0.15, 0.2) is 0 Å². The van der Waals surface area contributed by atoms with Crippen LogP contribution < -0.4 is 0 Å². The first-order chi connectivity index (χ1) is 25.3. The Labute approximate surface area is 345 Å². The van der Waals surface area contributed by atoms with Crippen molar-refractivity contribution in [1.29, 1.82) is 0 Å². The van der Waals surface area contributed by atoms with E-state index in [2.05, 4.69) is 124 Å². The fourth-order valence-corrected chi connectivity index (χ4v) is 24.0. The lowest BCUT2D eigenvalue weighted by atomic mass is 9.55. The molecule has 6 aliphatic carbocycles. The second-order valence-corrected chi connectivity index (χ2v) is 31.9. The van der Waals surface area contributed by atoms with Crippen LogP contribution in [0, 0.1) is 105 Å². The predicted octanol–water partition coefficient (Wildman–Crippen LogP) is 15.1. The average Bonchev–Trinajstić information content (AvgIpc) is 3.60. The van der Waals surface area contributed by atoms with E-state index in [1.54, 1.807) is 0 Å². The van der Waals surface area contributed by atoms with Gasteiger partial charge in [0.25, 0.3) is 0 Å². The third kappa shape index (κ3) is 8.43. The van der Waals surface area contributed by atoms with E-state index in [4.69, 9.17) is 9.47 Å². The van der Waals surface area contributed by atoms with Gasteiger partial charge in [-0.3, -0.25) is 0 Å². The molecule has 12 unspecified atom stereocenters. The summed E-state index contributed by atoms with van der Waals surface area (Å²) in [6.07, 6.45) is 18.1. The maximum absolute atomic E-state index is 6.80. The van der Waals surface area contributed by atoms with Crippen LogP contribution in [0.25, 0.3) is 0 Å². The van der Waals surface area contributed by atoms with E-state index in [-0.39, 0.29) is 10.8 Å². The Kier molecular flexibility index (Phi) is 12.9. The fraction of sp³-hybridized carbons (Fsp3) is 1.00. The van der Waals surface area contributed by atoms with Crippen LogP contribution >= 0.6 is 0 Å². The Morgan fingerprint density at radius 3 is 0.982 bits per heavy atom. The van der Waals surface area contributed by atoms with Crippen molar-refractivity contribution in [3.05, 3.63) is 0 Å². The molecule has 3 heteroatoms. The second kappa shape index (κ2) is 15.9. The molecule has 0 saturated heterocycles. The summed E-state index contributed by atoms with van der Waals surface area (Å²) in [5.74, 6) is 11.5. The third-order valence-corrected chi connectivity index (χ3v) is 25.1. The first-order valence-corrected chi connectivity index (χ1v) is 27.5. The molecule has 0 bridgehead atoms. The normalized spacial score (nSPS) is 46.4. The number of fused-ring (bicyclic) bond motifs is 2. The maximum Gasteiger partial charge on any atom is 0.0638 e. The molecule has 0 heterocycles. The van der Waals surface area contributed by atoms with Crippen molar-refractivity contribution in [3.63, 3.8) is 0 Å². The Balaban J connectivity index is 1.33. The van der Waals surface area contributed by atoms with Gasteiger partial charge in [-0.25, -0.2) is 0 Å². The summed E-state index contributed by atoms with van der Waals surface area (Å²) in [7, 11) is 2.46. The zero-order chi connectivity index (χ0) is 40.8. The highest BCUT2D eigenvalue weighted by Gasteiger charge is 2.65. The summed E-state index contributed by atoms with van der Waals surface area (Å²) in [6, 6.07) is 0. The molecular weight excluding hydrogens is 685 g/mol. The van der Waals surface area contributed by atoms with Crippen LogP contribution in [0.4, 0.5) is 0 Å². The van der Waals surface area contributed by atoms with Crippen LogP contribution in [0.3, 0.4) is 0 Å². The molecule has 0 aromatic rings. The molecule has 0 aromatic carbocycles. The lowest BCUT2D eigenvalue weighted by Gasteiger charge is -2.57. The zero-order valence-electron chi connectivity index (χ0n) is 40.2. The molecule has 6 aliphatic rings. The van der Waals surface area contributed by atoms with Gasteiger partial charge in [-0.15, -0.1) is 0 Å². The number of hydrogen-bond donors (Lipinski definition) is 0. The van der Waals surface area contributed by atoms with Crippen LogP contribution in [0.2, 0.25) is 24.2 Å². The Hall–Kier alpha value is 0.137. The van der Waals surface area contributed by atoms with Crippen molar-refractivity contribution in [2.45, 2.75) is 210 Å². The van der Waals surface area contributed by atoms with Gasteiger partial charge in [0.05, 0.1) is 20.3 Å². The van der Waals surface area contributed by atoms with E-state index in [1.807, 2.05) is 0 Å². The maximum atomic E-state index is 6.80. The van der Waals surface area contributed by atoms with E-state index in [1.165, 1.54) is 77.0 Å². The fourth-order valence-electron chi connectivity index (χ4n) is 17.4. The third-order valence-electron chi connectivity index (χ3n) is 19.7. The van der Waals surface area contributed by atoms with Gasteiger partial charge in [-0.1, -0.05) is 110 Å². The topological polar surface area (TPSA) is 18.5 Å². The average molecular weight is 781 g/mol. The van der Waals surface area contributed by atoms with Crippen molar-refractivity contribution in [2.75, 3.05) is 14.2 Å². The van der Waals surface area contributed by atoms with Crippen molar-refractivity contribution in [3.8, 4) is 0 Å². The molecule has 0 amide bonds. The molecule has 0 N–H and O–H groups in total. The van der Waals surface area contributed by atoms with E-state index in [0.717, 1.165) is 82.1 Å². The van der Waals surface area contributed by atoms with Crippen molar-refractivity contribution >= 4 is 8.07 Å². The standard InChI is InChI=1S/C52H96O2Si/c1-31-27-37-39(29-41(51(9,10)11)45(53-15)43(37)33-19-23-35(24-20-33)49(3,4)5)47(31)55(17,18)48-32(2)28-38-40(48)30-42(52(12,13)14)46(54-16)44(38)34-21-25-36(26-22-34)50(6,7)8/h31-48H,19-30H2,1-18H3/t31?,32?,33?,34?,35?,36?,37?,38?,39?,40?,41?,42?,43-,44-,45?,46?,47?,48?/m1/s1. The number of hydrogen-bond acceptors (Lipinski definition) is 2. The van der Waals surface area contributed by atoms with Gasteiger partial charge in [-0.2, -0.15) is 0 Å². The smallest absolute Gasteiger partial charge is 0.0638 e. The van der Waals surface area contributed by atoms with E-state index < -0.39 is 8.07 Å². The summed E-state index contributed by atoms with van der Waals surface area (Å²) in [4.78, 5) is 0. The van der Waals surface area contributed by atoms with Crippen LogP contribution in [-0.4, -0.2) is 34.5 Å².